The minimum atomic E-state index is -0.791. The molecule has 1 N–H and O–H groups in total. The largest absolute Gasteiger partial charge is 0.497 e. The summed E-state index contributed by atoms with van der Waals surface area (Å²) in [6.07, 6.45) is 8.98. The van der Waals surface area contributed by atoms with Crippen molar-refractivity contribution in [1.82, 2.24) is 15.1 Å². The zero-order chi connectivity index (χ0) is 28.7. The fourth-order valence-electron chi connectivity index (χ4n) is 4.98. The van der Waals surface area contributed by atoms with Crippen LogP contribution in [0.1, 0.15) is 64.4 Å². The van der Waals surface area contributed by atoms with Crippen LogP contribution in [0.5, 0.6) is 5.75 Å². The van der Waals surface area contributed by atoms with Gasteiger partial charge in [0.2, 0.25) is 6.04 Å². The maximum Gasteiger partial charge on any atom is 0.468 e. The number of rotatable bonds is 9. The van der Waals surface area contributed by atoms with E-state index in [0.717, 1.165) is 37.0 Å². The van der Waals surface area contributed by atoms with E-state index in [1.807, 2.05) is 31.2 Å². The molecule has 1 fully saturated rings. The van der Waals surface area contributed by atoms with Gasteiger partial charge in [0.05, 0.1) is 20.3 Å². The van der Waals surface area contributed by atoms with E-state index < -0.39 is 18.1 Å². The van der Waals surface area contributed by atoms with Gasteiger partial charge < -0.3 is 24.3 Å². The van der Waals surface area contributed by atoms with E-state index in [2.05, 4.69) is 17.5 Å². The van der Waals surface area contributed by atoms with E-state index in [9.17, 15) is 14.4 Å². The number of methoxy groups -OCH3 is 1. The Morgan fingerprint density at radius 3 is 2.55 bits per heavy atom. The van der Waals surface area contributed by atoms with Gasteiger partial charge in [-0.3, -0.25) is 9.69 Å². The van der Waals surface area contributed by atoms with Crippen LogP contribution < -0.4 is 15.0 Å². The zero-order valence-electron chi connectivity index (χ0n) is 24.1. The van der Waals surface area contributed by atoms with Gasteiger partial charge in [-0.05, 0) is 63.6 Å². The van der Waals surface area contributed by atoms with E-state index in [1.54, 1.807) is 23.8 Å². The van der Waals surface area contributed by atoms with E-state index in [1.165, 1.54) is 0 Å². The first kappa shape index (κ1) is 31.6. The number of urea groups is 1. The number of nitrogens with one attached hydrogen (secondary N) is 1. The maximum atomic E-state index is 14.0. The summed E-state index contributed by atoms with van der Waals surface area (Å²) < 4.78 is 21.7. The van der Waals surface area contributed by atoms with Crippen molar-refractivity contribution >= 4 is 17.9 Å². The lowest BCUT2D eigenvalue weighted by Crippen LogP contribution is -2.56. The molecule has 3 unspecified atom stereocenters. The van der Waals surface area contributed by atoms with Gasteiger partial charge in [-0.2, -0.15) is 0 Å². The van der Waals surface area contributed by atoms with Crippen LogP contribution in [0.4, 0.5) is 4.79 Å². The van der Waals surface area contributed by atoms with Gasteiger partial charge in [0.1, 0.15) is 24.7 Å². The third-order valence-corrected chi connectivity index (χ3v) is 7.18. The zero-order valence-corrected chi connectivity index (χ0v) is 24.1. The fourth-order valence-corrected chi connectivity index (χ4v) is 4.98. The highest BCUT2D eigenvalue weighted by Gasteiger charge is 2.52. The van der Waals surface area contributed by atoms with Crippen molar-refractivity contribution in [2.75, 3.05) is 40.2 Å². The molecule has 0 spiro atoms. The second kappa shape index (κ2) is 17.0. The molecule has 2 heterocycles. The van der Waals surface area contributed by atoms with Crippen LogP contribution in [0.25, 0.3) is 0 Å². The minimum absolute atomic E-state index is 0.0882. The summed E-state index contributed by atoms with van der Waals surface area (Å²) in [7, 11) is 1.62. The molecular weight excluding hydrogens is 514 g/mol. The lowest BCUT2D eigenvalue weighted by molar-refractivity contribution is -0.147. The SMILES string of the molecule is CCOCOC1CC2C(=O)NC(C(=O)OCC)CCC=CCCCCCN(Cc3ccc(OC)cc3)C(=O)[N+]2C1. The predicted molar refractivity (Wildman–Crippen MR) is 151 cm³/mol. The summed E-state index contributed by atoms with van der Waals surface area (Å²) in [5, 5.41) is 2.88. The van der Waals surface area contributed by atoms with E-state index in [4.69, 9.17) is 18.9 Å². The highest BCUT2D eigenvalue weighted by atomic mass is 16.7. The number of allylic oxidation sites excluding steroid dienone is 2. The number of carbonyl (C=O) groups is 3. The van der Waals surface area contributed by atoms with Crippen LogP contribution in [0.15, 0.2) is 36.4 Å². The molecular formula is C30H45N3O7+. The number of hydrogen-bond donors (Lipinski definition) is 1. The Morgan fingerprint density at radius 2 is 1.82 bits per heavy atom. The Morgan fingerprint density at radius 1 is 1.05 bits per heavy atom. The molecule has 2 aliphatic heterocycles. The third kappa shape index (κ3) is 9.60. The second-order valence-corrected chi connectivity index (χ2v) is 10.1. The molecule has 0 bridgehead atoms. The second-order valence-electron chi connectivity index (χ2n) is 10.1. The number of benzene rings is 1. The smallest absolute Gasteiger partial charge is 0.468 e. The van der Waals surface area contributed by atoms with Gasteiger partial charge in [-0.15, -0.1) is 0 Å². The van der Waals surface area contributed by atoms with E-state index >= 15 is 0 Å². The number of amides is 3. The van der Waals surface area contributed by atoms with Crippen molar-refractivity contribution in [3.63, 3.8) is 0 Å². The summed E-state index contributed by atoms with van der Waals surface area (Å²) in [6.45, 7) is 5.67. The lowest BCUT2D eigenvalue weighted by Gasteiger charge is -2.24. The van der Waals surface area contributed by atoms with Crippen molar-refractivity contribution in [2.45, 2.75) is 83.5 Å². The summed E-state index contributed by atoms with van der Waals surface area (Å²) in [6, 6.07) is 5.85. The Hall–Kier alpha value is -2.95. The molecule has 10 heteroatoms. The molecule has 1 saturated heterocycles. The third-order valence-electron chi connectivity index (χ3n) is 7.18. The van der Waals surface area contributed by atoms with Gasteiger partial charge in [0, 0.05) is 19.6 Å². The normalized spacial score (nSPS) is 23.5. The molecule has 3 atom stereocenters. The standard InChI is InChI=1S/C30H45N3O7/c1-4-38-22-40-25-19-27-28(34)31-26(29(35)39-5-2)13-11-9-7-6-8-10-12-18-32(30(36)33(27)21-25)20-23-14-16-24(37-3)17-15-23/h7,9,14-17,25-27H,4-6,8,10-13,18-22H2,1-3H3,(H,31,34)/q+1. The summed E-state index contributed by atoms with van der Waals surface area (Å²) in [5.41, 5.74) is 0.971. The maximum absolute atomic E-state index is 14.0. The molecule has 40 heavy (non-hydrogen) atoms. The number of esters is 1. The van der Waals surface area contributed by atoms with Crippen LogP contribution in [0.2, 0.25) is 0 Å². The van der Waals surface area contributed by atoms with Crippen LogP contribution in [0, 0.1) is 0 Å². The Labute approximate surface area is 237 Å². The quantitative estimate of drug-likeness (QED) is 0.161. The molecule has 3 rings (SSSR count). The fraction of sp³-hybridized carbons (Fsp3) is 0.633. The molecule has 0 aliphatic carbocycles. The molecule has 10 nitrogen and oxygen atoms in total. The first-order valence-electron chi connectivity index (χ1n) is 14.5. The van der Waals surface area contributed by atoms with Gasteiger partial charge in [0.15, 0.2) is 6.54 Å². The number of fused-ring (bicyclic) bond motifs is 1. The Balaban J connectivity index is 1.86. The number of hydrogen-bond acceptors (Lipinski definition) is 7. The van der Waals surface area contributed by atoms with E-state index in [-0.39, 0.29) is 38.0 Å². The molecule has 0 aromatic heterocycles. The van der Waals surface area contributed by atoms with Gasteiger partial charge in [0.25, 0.3) is 5.91 Å². The van der Waals surface area contributed by atoms with Crippen molar-refractivity contribution < 1.29 is 33.3 Å². The first-order chi connectivity index (χ1) is 19.5. The molecule has 0 saturated carbocycles. The highest BCUT2D eigenvalue weighted by molar-refractivity contribution is 5.92. The van der Waals surface area contributed by atoms with Gasteiger partial charge >= 0.3 is 12.0 Å². The highest BCUT2D eigenvalue weighted by Crippen LogP contribution is 2.23. The first-order valence-corrected chi connectivity index (χ1v) is 14.5. The van der Waals surface area contributed by atoms with Crippen molar-refractivity contribution in [3.05, 3.63) is 42.0 Å². The van der Waals surface area contributed by atoms with Crippen molar-refractivity contribution in [3.8, 4) is 5.75 Å². The van der Waals surface area contributed by atoms with Crippen molar-refractivity contribution in [1.29, 1.82) is 0 Å². The van der Waals surface area contributed by atoms with Crippen LogP contribution in [-0.4, -0.2) is 81.2 Å². The molecule has 1 radical (unpaired) electrons. The van der Waals surface area contributed by atoms with Gasteiger partial charge in [-0.1, -0.05) is 35.6 Å². The monoisotopic (exact) mass is 559 g/mol. The average Bonchev–Trinajstić information content (AvgIpc) is 3.39. The number of carbonyl (C=O) groups excluding carboxylic acids is 3. The lowest BCUT2D eigenvalue weighted by atomic mass is 10.1. The van der Waals surface area contributed by atoms with Crippen molar-refractivity contribution in [2.24, 2.45) is 0 Å². The van der Waals surface area contributed by atoms with Crippen LogP contribution >= 0.6 is 0 Å². The van der Waals surface area contributed by atoms with Crippen LogP contribution in [0.3, 0.4) is 0 Å². The molecule has 2 aliphatic rings. The molecule has 1 aromatic rings. The van der Waals surface area contributed by atoms with E-state index in [0.29, 0.717) is 39.0 Å². The predicted octanol–water partition coefficient (Wildman–Crippen LogP) is 3.87. The number of nitrogens with zero attached hydrogens (tertiary/aromatic N) is 2. The number of ether oxygens (including phenoxy) is 4. The average molecular weight is 560 g/mol. The van der Waals surface area contributed by atoms with Gasteiger partial charge in [-0.25, -0.2) is 9.59 Å². The topological polar surface area (TPSA) is 109 Å². The van der Waals surface area contributed by atoms with Crippen LogP contribution in [-0.2, 0) is 30.3 Å². The summed E-state index contributed by atoms with van der Waals surface area (Å²) in [4.78, 5) is 43.7. The Bertz CT molecular complexity index is 969. The Kier molecular flexibility index (Phi) is 13.4. The molecule has 221 valence electrons. The minimum Gasteiger partial charge on any atom is -0.497 e. The summed E-state index contributed by atoms with van der Waals surface area (Å²) in [5.74, 6) is -0.0984. The summed E-state index contributed by atoms with van der Waals surface area (Å²) >= 11 is 0. The molecule has 3 amide bonds. The molecule has 1 aromatic carbocycles.